The quantitative estimate of drug-likeness (QED) is 0.785. The Morgan fingerprint density at radius 3 is 2.44 bits per heavy atom. The average molecular weight is 341 g/mol. The van der Waals surface area contributed by atoms with E-state index in [9.17, 15) is 13.2 Å². The molecule has 0 aliphatic carbocycles. The molecule has 0 N–H and O–H groups in total. The summed E-state index contributed by atoms with van der Waals surface area (Å²) < 4.78 is 39.6. The van der Waals surface area contributed by atoms with Crippen LogP contribution in [0.5, 0.6) is 0 Å². The van der Waals surface area contributed by atoms with E-state index in [0.717, 1.165) is 6.07 Å². The Balaban J connectivity index is 2.62. The zero-order valence-corrected chi connectivity index (χ0v) is 11.3. The van der Waals surface area contributed by atoms with Crippen molar-refractivity contribution in [3.8, 4) is 5.69 Å². The number of halogens is 5. The molecule has 0 aliphatic rings. The normalized spacial score (nSPS) is 11.9. The molecule has 0 fully saturated rings. The van der Waals surface area contributed by atoms with Crippen LogP contribution in [0.1, 0.15) is 11.4 Å². The first-order valence-electron chi connectivity index (χ1n) is 4.75. The molecule has 96 valence electrons. The van der Waals surface area contributed by atoms with Crippen LogP contribution in [0.15, 0.2) is 22.7 Å². The molecule has 1 heterocycles. The fraction of sp³-hybridized carbons (Fsp3) is 0.200. The number of aromatic nitrogens is 3. The number of aryl methyl sites for hydroxylation is 1. The van der Waals surface area contributed by atoms with Gasteiger partial charge in [-0.05, 0) is 36.7 Å². The van der Waals surface area contributed by atoms with Gasteiger partial charge in [-0.2, -0.15) is 13.2 Å². The topological polar surface area (TPSA) is 30.7 Å². The summed E-state index contributed by atoms with van der Waals surface area (Å²) in [5, 5.41) is 7.30. The van der Waals surface area contributed by atoms with E-state index in [1.165, 1.54) is 16.7 Å². The van der Waals surface area contributed by atoms with Crippen molar-refractivity contribution in [1.29, 1.82) is 0 Å². The first-order chi connectivity index (χ1) is 8.30. The second-order valence-electron chi connectivity index (χ2n) is 3.51. The van der Waals surface area contributed by atoms with Crippen LogP contribution in [0.4, 0.5) is 13.2 Å². The van der Waals surface area contributed by atoms with Gasteiger partial charge in [-0.3, -0.25) is 4.57 Å². The Morgan fingerprint density at radius 1 is 1.28 bits per heavy atom. The molecule has 3 nitrogen and oxygen atoms in total. The van der Waals surface area contributed by atoms with Gasteiger partial charge in [-0.1, -0.05) is 15.9 Å². The average Bonchev–Trinajstić information content (AvgIpc) is 2.58. The van der Waals surface area contributed by atoms with E-state index in [0.29, 0.717) is 5.82 Å². The summed E-state index contributed by atoms with van der Waals surface area (Å²) in [6, 6.07) is 3.81. The van der Waals surface area contributed by atoms with Crippen LogP contribution in [0, 0.1) is 6.92 Å². The molecule has 2 rings (SSSR count). The fourth-order valence-electron chi connectivity index (χ4n) is 1.50. The highest BCUT2D eigenvalue weighted by atomic mass is 79.9. The summed E-state index contributed by atoms with van der Waals surface area (Å²) in [6.07, 6.45) is -4.44. The van der Waals surface area contributed by atoms with Crippen molar-refractivity contribution in [2.45, 2.75) is 13.1 Å². The number of hydrogen-bond donors (Lipinski definition) is 0. The maximum atomic E-state index is 12.8. The summed E-state index contributed by atoms with van der Waals surface area (Å²) in [4.78, 5) is 0. The molecule has 1 aromatic carbocycles. The SMILES string of the molecule is Cc1nnc(Cl)n1-c1ccc(Br)c(C(F)(F)F)c1. The van der Waals surface area contributed by atoms with Gasteiger partial charge in [0, 0.05) is 4.47 Å². The predicted molar refractivity (Wildman–Crippen MR) is 63.8 cm³/mol. The Hall–Kier alpha value is -1.08. The van der Waals surface area contributed by atoms with Crippen LogP contribution in [0.25, 0.3) is 5.69 Å². The van der Waals surface area contributed by atoms with E-state index in [-0.39, 0.29) is 15.4 Å². The van der Waals surface area contributed by atoms with Crippen LogP contribution in [0.2, 0.25) is 5.28 Å². The second kappa shape index (κ2) is 4.55. The zero-order chi connectivity index (χ0) is 13.5. The lowest BCUT2D eigenvalue weighted by Crippen LogP contribution is -2.08. The molecule has 0 atom stereocenters. The summed E-state index contributed by atoms with van der Waals surface area (Å²) in [5.41, 5.74) is -0.512. The molecule has 8 heteroatoms. The second-order valence-corrected chi connectivity index (χ2v) is 4.71. The Morgan fingerprint density at radius 2 is 1.94 bits per heavy atom. The zero-order valence-electron chi connectivity index (χ0n) is 8.96. The van der Waals surface area contributed by atoms with E-state index in [4.69, 9.17) is 11.6 Å². The van der Waals surface area contributed by atoms with E-state index in [1.54, 1.807) is 6.92 Å². The molecular weight excluding hydrogens is 334 g/mol. The molecule has 0 bridgehead atoms. The van der Waals surface area contributed by atoms with Gasteiger partial charge in [-0.15, -0.1) is 10.2 Å². The van der Waals surface area contributed by atoms with Crippen molar-refractivity contribution in [3.63, 3.8) is 0 Å². The van der Waals surface area contributed by atoms with Crippen molar-refractivity contribution in [2.24, 2.45) is 0 Å². The van der Waals surface area contributed by atoms with Crippen molar-refractivity contribution in [1.82, 2.24) is 14.8 Å². The van der Waals surface area contributed by atoms with Crippen molar-refractivity contribution >= 4 is 27.5 Å². The van der Waals surface area contributed by atoms with Gasteiger partial charge in [0.05, 0.1) is 11.3 Å². The Labute approximate surface area is 114 Å². The minimum absolute atomic E-state index is 0.0166. The predicted octanol–water partition coefficient (Wildman–Crippen LogP) is 4.01. The highest BCUT2D eigenvalue weighted by Crippen LogP contribution is 2.36. The van der Waals surface area contributed by atoms with E-state index < -0.39 is 11.7 Å². The fourth-order valence-corrected chi connectivity index (χ4v) is 2.23. The van der Waals surface area contributed by atoms with Crippen molar-refractivity contribution in [3.05, 3.63) is 39.3 Å². The van der Waals surface area contributed by atoms with Gasteiger partial charge in [0.25, 0.3) is 0 Å². The molecule has 2 aromatic rings. The van der Waals surface area contributed by atoms with Gasteiger partial charge in [-0.25, -0.2) is 0 Å². The molecule has 0 radical (unpaired) electrons. The standard InChI is InChI=1S/C10H6BrClF3N3/c1-5-16-17-9(12)18(5)6-2-3-8(11)7(4-6)10(13,14)15/h2-4H,1H3. The van der Waals surface area contributed by atoms with E-state index in [1.807, 2.05) is 0 Å². The van der Waals surface area contributed by atoms with Crippen LogP contribution >= 0.6 is 27.5 Å². The largest absolute Gasteiger partial charge is 0.417 e. The molecule has 0 spiro atoms. The molecule has 0 amide bonds. The van der Waals surface area contributed by atoms with Gasteiger partial charge in [0.15, 0.2) is 0 Å². The smallest absolute Gasteiger partial charge is 0.270 e. The summed E-state index contributed by atoms with van der Waals surface area (Å²) in [6.45, 7) is 1.61. The molecule has 0 saturated heterocycles. The Kier molecular flexibility index (Phi) is 3.37. The van der Waals surface area contributed by atoms with Gasteiger partial charge < -0.3 is 0 Å². The lowest BCUT2D eigenvalue weighted by atomic mass is 10.2. The molecule has 0 saturated carbocycles. The van der Waals surface area contributed by atoms with Crippen LogP contribution in [0.3, 0.4) is 0 Å². The third-order valence-electron chi connectivity index (χ3n) is 2.30. The summed E-state index contributed by atoms with van der Waals surface area (Å²) in [7, 11) is 0. The third-order valence-corrected chi connectivity index (χ3v) is 3.24. The molecule has 0 aliphatic heterocycles. The minimum Gasteiger partial charge on any atom is -0.270 e. The maximum Gasteiger partial charge on any atom is 0.417 e. The minimum atomic E-state index is -4.44. The van der Waals surface area contributed by atoms with Gasteiger partial charge >= 0.3 is 6.18 Å². The lowest BCUT2D eigenvalue weighted by Gasteiger charge is -2.12. The van der Waals surface area contributed by atoms with Crippen LogP contribution in [-0.4, -0.2) is 14.8 Å². The van der Waals surface area contributed by atoms with Gasteiger partial charge in [0.1, 0.15) is 5.82 Å². The molecule has 0 unspecified atom stereocenters. The maximum absolute atomic E-state index is 12.8. The van der Waals surface area contributed by atoms with E-state index in [2.05, 4.69) is 26.1 Å². The third kappa shape index (κ3) is 2.37. The monoisotopic (exact) mass is 339 g/mol. The summed E-state index contributed by atoms with van der Waals surface area (Å²) >= 11 is 8.66. The molecular formula is C10H6BrClF3N3. The van der Waals surface area contributed by atoms with Crippen LogP contribution < -0.4 is 0 Å². The van der Waals surface area contributed by atoms with Crippen LogP contribution in [-0.2, 0) is 6.18 Å². The number of benzene rings is 1. The number of alkyl halides is 3. The van der Waals surface area contributed by atoms with E-state index >= 15 is 0 Å². The lowest BCUT2D eigenvalue weighted by molar-refractivity contribution is -0.138. The number of hydrogen-bond acceptors (Lipinski definition) is 2. The first kappa shape index (κ1) is 13.4. The molecule has 18 heavy (non-hydrogen) atoms. The van der Waals surface area contributed by atoms with Gasteiger partial charge in [0.2, 0.25) is 5.28 Å². The number of nitrogens with zero attached hydrogens (tertiary/aromatic N) is 3. The van der Waals surface area contributed by atoms with Crippen molar-refractivity contribution < 1.29 is 13.2 Å². The summed E-state index contributed by atoms with van der Waals surface area (Å²) in [5.74, 6) is 0.412. The highest BCUT2D eigenvalue weighted by Gasteiger charge is 2.33. The highest BCUT2D eigenvalue weighted by molar-refractivity contribution is 9.10. The molecule has 1 aromatic heterocycles. The van der Waals surface area contributed by atoms with Crippen molar-refractivity contribution in [2.75, 3.05) is 0 Å². The first-order valence-corrected chi connectivity index (χ1v) is 5.92. The number of rotatable bonds is 1. The Bertz CT molecular complexity index is 575.